The number of ether oxygens (including phenoxy) is 2. The summed E-state index contributed by atoms with van der Waals surface area (Å²) in [6, 6.07) is 2.78. The number of nitrogen functional groups attached to an aromatic ring is 1. The van der Waals surface area contributed by atoms with Crippen LogP contribution in [-0.4, -0.2) is 58.2 Å². The van der Waals surface area contributed by atoms with E-state index in [2.05, 4.69) is 4.98 Å². The van der Waals surface area contributed by atoms with Crippen LogP contribution in [0, 0.1) is 0 Å². The molecular formula is C12H21N3O4S. The second-order valence-corrected chi connectivity index (χ2v) is 6.10. The summed E-state index contributed by atoms with van der Waals surface area (Å²) in [7, 11) is -0.485. The van der Waals surface area contributed by atoms with Crippen LogP contribution in [0.4, 0.5) is 5.82 Å². The third kappa shape index (κ3) is 4.71. The second-order valence-electron chi connectivity index (χ2n) is 4.16. The minimum absolute atomic E-state index is 0.138. The predicted molar refractivity (Wildman–Crippen MR) is 75.8 cm³/mol. The molecule has 1 aromatic heterocycles. The summed E-state index contributed by atoms with van der Waals surface area (Å²) in [5, 5.41) is 0. The average Bonchev–Trinajstić information content (AvgIpc) is 2.42. The summed E-state index contributed by atoms with van der Waals surface area (Å²) in [4.78, 5) is 3.94. The van der Waals surface area contributed by atoms with Crippen molar-refractivity contribution in [2.24, 2.45) is 0 Å². The van der Waals surface area contributed by atoms with E-state index in [1.807, 2.05) is 0 Å². The highest BCUT2D eigenvalue weighted by Crippen LogP contribution is 2.17. The number of pyridine rings is 1. The minimum atomic E-state index is -3.60. The van der Waals surface area contributed by atoms with E-state index in [4.69, 9.17) is 15.2 Å². The highest BCUT2D eigenvalue weighted by Gasteiger charge is 2.24. The summed E-state index contributed by atoms with van der Waals surface area (Å²) in [6.07, 6.45) is 1.99. The van der Waals surface area contributed by atoms with Gasteiger partial charge in [-0.15, -0.1) is 0 Å². The zero-order valence-electron chi connectivity index (χ0n) is 11.8. The van der Waals surface area contributed by atoms with Gasteiger partial charge in [-0.05, 0) is 12.5 Å². The lowest BCUT2D eigenvalue weighted by atomic mass is 10.4. The average molecular weight is 303 g/mol. The van der Waals surface area contributed by atoms with Gasteiger partial charge in [-0.1, -0.05) is 0 Å². The number of methoxy groups -OCH3 is 2. The lowest BCUT2D eigenvalue weighted by Crippen LogP contribution is -2.35. The molecule has 0 unspecified atom stereocenters. The van der Waals surface area contributed by atoms with Crippen molar-refractivity contribution in [3.63, 3.8) is 0 Å². The Morgan fingerprint density at radius 1 is 1.25 bits per heavy atom. The maximum absolute atomic E-state index is 12.5. The quantitative estimate of drug-likeness (QED) is 0.661. The normalized spacial score (nSPS) is 11.9. The molecule has 0 atom stereocenters. The molecule has 0 saturated carbocycles. The molecule has 0 spiro atoms. The van der Waals surface area contributed by atoms with Crippen LogP contribution in [0.5, 0.6) is 0 Å². The maximum atomic E-state index is 12.5. The Bertz CT molecular complexity index is 507. The topological polar surface area (TPSA) is 94.8 Å². The Hall–Kier alpha value is -1.22. The van der Waals surface area contributed by atoms with Gasteiger partial charge in [-0.3, -0.25) is 0 Å². The van der Waals surface area contributed by atoms with Gasteiger partial charge in [0.15, 0.2) is 0 Å². The number of rotatable bonds is 9. The SMILES string of the molecule is COCCCN(CCOC)S(=O)(=O)c1ccnc(N)c1. The second kappa shape index (κ2) is 8.15. The zero-order chi connectivity index (χ0) is 15.0. The molecule has 8 heteroatoms. The molecule has 20 heavy (non-hydrogen) atoms. The fourth-order valence-electron chi connectivity index (χ4n) is 1.67. The van der Waals surface area contributed by atoms with E-state index in [0.29, 0.717) is 26.2 Å². The minimum Gasteiger partial charge on any atom is -0.385 e. The van der Waals surface area contributed by atoms with Crippen LogP contribution < -0.4 is 5.73 Å². The molecule has 2 N–H and O–H groups in total. The molecule has 0 aliphatic heterocycles. The van der Waals surface area contributed by atoms with Crippen LogP contribution in [0.1, 0.15) is 6.42 Å². The Morgan fingerprint density at radius 2 is 1.95 bits per heavy atom. The number of nitrogens with two attached hydrogens (primary N) is 1. The van der Waals surface area contributed by atoms with Crippen molar-refractivity contribution in [2.45, 2.75) is 11.3 Å². The predicted octanol–water partition coefficient (Wildman–Crippen LogP) is 0.337. The zero-order valence-corrected chi connectivity index (χ0v) is 12.6. The molecule has 0 fully saturated rings. The standard InChI is InChI=1S/C12H21N3O4S/c1-18-8-3-6-15(7-9-19-2)20(16,17)11-4-5-14-12(13)10-11/h4-5,10H,3,6-9H2,1-2H3,(H2,13,14). The third-order valence-electron chi connectivity index (χ3n) is 2.69. The number of nitrogens with zero attached hydrogens (tertiary/aromatic N) is 2. The van der Waals surface area contributed by atoms with E-state index in [1.165, 1.54) is 29.7 Å². The van der Waals surface area contributed by atoms with Crippen LogP contribution in [0.15, 0.2) is 23.2 Å². The molecule has 0 radical (unpaired) electrons. The molecule has 1 aromatic rings. The smallest absolute Gasteiger partial charge is 0.243 e. The highest BCUT2D eigenvalue weighted by atomic mass is 32.2. The van der Waals surface area contributed by atoms with Crippen LogP contribution in [0.25, 0.3) is 0 Å². The molecule has 0 bridgehead atoms. The molecule has 0 amide bonds. The fraction of sp³-hybridized carbons (Fsp3) is 0.583. The van der Waals surface area contributed by atoms with Crippen LogP contribution in [-0.2, 0) is 19.5 Å². The van der Waals surface area contributed by atoms with E-state index < -0.39 is 10.0 Å². The van der Waals surface area contributed by atoms with Crippen LogP contribution in [0.2, 0.25) is 0 Å². The maximum Gasteiger partial charge on any atom is 0.243 e. The van der Waals surface area contributed by atoms with Gasteiger partial charge >= 0.3 is 0 Å². The Kier molecular flexibility index (Phi) is 6.86. The van der Waals surface area contributed by atoms with Gasteiger partial charge in [0.25, 0.3) is 0 Å². The molecule has 1 rings (SSSR count). The largest absolute Gasteiger partial charge is 0.385 e. The van der Waals surface area contributed by atoms with E-state index in [-0.39, 0.29) is 17.3 Å². The van der Waals surface area contributed by atoms with Crippen molar-refractivity contribution in [1.82, 2.24) is 9.29 Å². The summed E-state index contributed by atoms with van der Waals surface area (Å²) in [6.45, 7) is 1.47. The van der Waals surface area contributed by atoms with Crippen molar-refractivity contribution in [2.75, 3.05) is 46.3 Å². The number of aromatic nitrogens is 1. The first-order chi connectivity index (χ1) is 9.52. The first kappa shape index (κ1) is 16.8. The number of anilines is 1. The Labute approximate surface area is 119 Å². The summed E-state index contributed by atoms with van der Waals surface area (Å²) in [5.41, 5.74) is 5.54. The Morgan fingerprint density at radius 3 is 2.55 bits per heavy atom. The number of sulfonamides is 1. The van der Waals surface area contributed by atoms with Gasteiger partial charge in [-0.2, -0.15) is 4.31 Å². The van der Waals surface area contributed by atoms with Crippen molar-refractivity contribution in [1.29, 1.82) is 0 Å². The van der Waals surface area contributed by atoms with E-state index in [1.54, 1.807) is 7.11 Å². The van der Waals surface area contributed by atoms with E-state index in [9.17, 15) is 8.42 Å². The lowest BCUT2D eigenvalue weighted by molar-refractivity contribution is 0.164. The molecule has 0 aliphatic rings. The lowest BCUT2D eigenvalue weighted by Gasteiger charge is -2.21. The fourth-order valence-corrected chi connectivity index (χ4v) is 3.15. The van der Waals surface area contributed by atoms with E-state index >= 15 is 0 Å². The van der Waals surface area contributed by atoms with E-state index in [0.717, 1.165) is 0 Å². The molecule has 1 heterocycles. The van der Waals surface area contributed by atoms with Gasteiger partial charge < -0.3 is 15.2 Å². The monoisotopic (exact) mass is 303 g/mol. The van der Waals surface area contributed by atoms with Gasteiger partial charge in [0, 0.05) is 46.2 Å². The van der Waals surface area contributed by atoms with Gasteiger partial charge in [0.2, 0.25) is 10.0 Å². The third-order valence-corrected chi connectivity index (χ3v) is 4.59. The first-order valence-electron chi connectivity index (χ1n) is 6.22. The van der Waals surface area contributed by atoms with Gasteiger partial charge in [0.05, 0.1) is 11.5 Å². The number of hydrogen-bond acceptors (Lipinski definition) is 6. The summed E-state index contributed by atoms with van der Waals surface area (Å²) < 4.78 is 36.3. The molecule has 0 aromatic carbocycles. The molecular weight excluding hydrogens is 282 g/mol. The summed E-state index contributed by atoms with van der Waals surface area (Å²) >= 11 is 0. The van der Waals surface area contributed by atoms with Crippen molar-refractivity contribution < 1.29 is 17.9 Å². The summed E-state index contributed by atoms with van der Waals surface area (Å²) in [5.74, 6) is 0.176. The molecule has 114 valence electrons. The van der Waals surface area contributed by atoms with Crippen molar-refractivity contribution in [3.05, 3.63) is 18.3 Å². The van der Waals surface area contributed by atoms with Gasteiger partial charge in [-0.25, -0.2) is 13.4 Å². The van der Waals surface area contributed by atoms with Gasteiger partial charge in [0.1, 0.15) is 5.82 Å². The molecule has 0 aliphatic carbocycles. The van der Waals surface area contributed by atoms with Crippen LogP contribution >= 0.6 is 0 Å². The first-order valence-corrected chi connectivity index (χ1v) is 7.66. The Balaban J connectivity index is 2.91. The van der Waals surface area contributed by atoms with Crippen molar-refractivity contribution in [3.8, 4) is 0 Å². The van der Waals surface area contributed by atoms with Crippen LogP contribution in [0.3, 0.4) is 0 Å². The molecule has 0 saturated heterocycles. The van der Waals surface area contributed by atoms with Crippen molar-refractivity contribution >= 4 is 15.8 Å². The number of hydrogen-bond donors (Lipinski definition) is 1. The molecule has 7 nitrogen and oxygen atoms in total. The highest BCUT2D eigenvalue weighted by molar-refractivity contribution is 7.89.